The second-order valence-electron chi connectivity index (χ2n) is 7.62. The van der Waals surface area contributed by atoms with E-state index in [4.69, 9.17) is 4.74 Å². The fourth-order valence-corrected chi connectivity index (χ4v) is 3.47. The van der Waals surface area contributed by atoms with Crippen LogP contribution in [0.5, 0.6) is 5.75 Å². The Morgan fingerprint density at radius 2 is 1.74 bits per heavy atom. The zero-order chi connectivity index (χ0) is 19.8. The van der Waals surface area contributed by atoms with E-state index in [0.717, 1.165) is 37.1 Å². The van der Waals surface area contributed by atoms with E-state index in [1.165, 1.54) is 5.56 Å². The highest BCUT2D eigenvalue weighted by Gasteiger charge is 2.22. The van der Waals surface area contributed by atoms with Crippen LogP contribution in [-0.2, 0) is 16.0 Å². The summed E-state index contributed by atoms with van der Waals surface area (Å²) in [7, 11) is 1.64. The molecule has 0 aromatic heterocycles. The third-order valence-electron chi connectivity index (χ3n) is 5.26. The van der Waals surface area contributed by atoms with E-state index in [9.17, 15) is 9.59 Å². The fourth-order valence-electron chi connectivity index (χ4n) is 3.47. The topological polar surface area (TPSA) is 49.9 Å². The van der Waals surface area contributed by atoms with Crippen LogP contribution in [0.2, 0.25) is 0 Å². The van der Waals surface area contributed by atoms with Gasteiger partial charge in [-0.2, -0.15) is 0 Å². The maximum Gasteiger partial charge on any atom is 0.227 e. The number of benzene rings is 1. The number of ether oxygens (including phenoxy) is 1. The van der Waals surface area contributed by atoms with E-state index in [1.54, 1.807) is 7.11 Å². The van der Waals surface area contributed by atoms with Crippen molar-refractivity contribution < 1.29 is 14.3 Å². The van der Waals surface area contributed by atoms with Crippen molar-refractivity contribution in [1.29, 1.82) is 0 Å². The number of rotatable bonds is 7. The van der Waals surface area contributed by atoms with Crippen LogP contribution in [0.3, 0.4) is 0 Å². The van der Waals surface area contributed by atoms with Gasteiger partial charge in [0.2, 0.25) is 11.8 Å². The first kappa shape index (κ1) is 21.3. The van der Waals surface area contributed by atoms with E-state index < -0.39 is 0 Å². The molecular weight excluding hydrogens is 340 g/mol. The summed E-state index contributed by atoms with van der Waals surface area (Å²) in [6.07, 6.45) is 3.76. The summed E-state index contributed by atoms with van der Waals surface area (Å²) in [5.74, 6) is 1.50. The molecule has 1 heterocycles. The summed E-state index contributed by atoms with van der Waals surface area (Å²) >= 11 is 0. The zero-order valence-electron chi connectivity index (χ0n) is 17.3. The van der Waals surface area contributed by atoms with Crippen molar-refractivity contribution in [3.63, 3.8) is 0 Å². The Morgan fingerprint density at radius 3 is 2.33 bits per heavy atom. The highest BCUT2D eigenvalue weighted by Crippen LogP contribution is 2.25. The zero-order valence-corrected chi connectivity index (χ0v) is 17.3. The lowest BCUT2D eigenvalue weighted by Crippen LogP contribution is -2.38. The van der Waals surface area contributed by atoms with Gasteiger partial charge in [0.1, 0.15) is 5.75 Å². The molecule has 1 saturated heterocycles. The molecule has 27 heavy (non-hydrogen) atoms. The quantitative estimate of drug-likeness (QED) is 0.732. The number of carbonyl (C=O) groups is 2. The number of nitrogens with zero attached hydrogens (tertiary/aromatic N) is 2. The number of unbranched alkanes of at least 4 members (excludes halogenated alkanes) is 1. The van der Waals surface area contributed by atoms with Crippen molar-refractivity contribution >= 4 is 11.8 Å². The molecule has 0 bridgehead atoms. The Labute approximate surface area is 163 Å². The third kappa shape index (κ3) is 5.98. The predicted octanol–water partition coefficient (Wildman–Crippen LogP) is 3.61. The molecule has 1 fully saturated rings. The summed E-state index contributed by atoms with van der Waals surface area (Å²) in [5, 5.41) is 0. The number of methoxy groups -OCH3 is 1. The molecule has 2 rings (SSSR count). The molecule has 1 aromatic rings. The maximum absolute atomic E-state index is 12.9. The van der Waals surface area contributed by atoms with E-state index in [-0.39, 0.29) is 11.8 Å². The van der Waals surface area contributed by atoms with Gasteiger partial charge in [0, 0.05) is 38.2 Å². The lowest BCUT2D eigenvalue weighted by Gasteiger charge is -2.23. The van der Waals surface area contributed by atoms with Crippen LogP contribution in [0.15, 0.2) is 18.2 Å². The average Bonchev–Trinajstić information content (AvgIpc) is 2.92. The summed E-state index contributed by atoms with van der Waals surface area (Å²) in [4.78, 5) is 29.0. The summed E-state index contributed by atoms with van der Waals surface area (Å²) in [6.45, 7) is 9.10. The lowest BCUT2D eigenvalue weighted by atomic mass is 9.98. The van der Waals surface area contributed by atoms with E-state index in [0.29, 0.717) is 38.4 Å². The van der Waals surface area contributed by atoms with Gasteiger partial charge in [0.05, 0.1) is 13.5 Å². The molecule has 0 radical (unpaired) electrons. The van der Waals surface area contributed by atoms with Gasteiger partial charge in [-0.25, -0.2) is 0 Å². The second-order valence-corrected chi connectivity index (χ2v) is 7.62. The number of carbonyl (C=O) groups excluding carboxylic acids is 2. The van der Waals surface area contributed by atoms with Crippen LogP contribution in [0.4, 0.5) is 0 Å². The van der Waals surface area contributed by atoms with Crippen LogP contribution in [0, 0.1) is 0 Å². The van der Waals surface area contributed by atoms with Crippen molar-refractivity contribution in [1.82, 2.24) is 9.80 Å². The summed E-state index contributed by atoms with van der Waals surface area (Å²) in [6, 6.07) is 6.09. The molecule has 1 aliphatic rings. The van der Waals surface area contributed by atoms with Crippen LogP contribution < -0.4 is 4.74 Å². The van der Waals surface area contributed by atoms with Crippen LogP contribution >= 0.6 is 0 Å². The lowest BCUT2D eigenvalue weighted by molar-refractivity contribution is -0.133. The third-order valence-corrected chi connectivity index (χ3v) is 5.26. The van der Waals surface area contributed by atoms with Gasteiger partial charge in [-0.15, -0.1) is 0 Å². The summed E-state index contributed by atoms with van der Waals surface area (Å²) < 4.78 is 5.46. The number of hydrogen-bond donors (Lipinski definition) is 0. The van der Waals surface area contributed by atoms with E-state index in [2.05, 4.69) is 32.9 Å². The van der Waals surface area contributed by atoms with Crippen molar-refractivity contribution in [2.45, 2.75) is 58.8 Å². The SMILES string of the molecule is CCCCC(=O)N1CCCN(C(=O)Cc2cc(C(C)C)ccc2OC)CC1. The van der Waals surface area contributed by atoms with E-state index in [1.807, 2.05) is 15.9 Å². The molecule has 0 atom stereocenters. The number of hydrogen-bond acceptors (Lipinski definition) is 3. The molecule has 150 valence electrons. The monoisotopic (exact) mass is 374 g/mol. The Hall–Kier alpha value is -2.04. The number of amides is 2. The van der Waals surface area contributed by atoms with Gasteiger partial charge >= 0.3 is 0 Å². The van der Waals surface area contributed by atoms with Gasteiger partial charge in [0.15, 0.2) is 0 Å². The first-order chi connectivity index (χ1) is 13.0. The predicted molar refractivity (Wildman–Crippen MR) is 108 cm³/mol. The molecule has 5 nitrogen and oxygen atoms in total. The van der Waals surface area contributed by atoms with Crippen molar-refractivity contribution in [3.8, 4) is 5.75 Å². The highest BCUT2D eigenvalue weighted by atomic mass is 16.5. The van der Waals surface area contributed by atoms with Crippen molar-refractivity contribution in [2.75, 3.05) is 33.3 Å². The van der Waals surface area contributed by atoms with Gasteiger partial charge < -0.3 is 14.5 Å². The molecule has 0 aliphatic carbocycles. The molecule has 0 N–H and O–H groups in total. The minimum atomic E-state index is 0.108. The first-order valence-corrected chi connectivity index (χ1v) is 10.2. The molecule has 0 unspecified atom stereocenters. The molecule has 1 aromatic carbocycles. The summed E-state index contributed by atoms with van der Waals surface area (Å²) in [5.41, 5.74) is 2.15. The Kier molecular flexibility index (Phi) is 8.14. The van der Waals surface area contributed by atoms with Gasteiger partial charge in [-0.05, 0) is 30.4 Å². The highest BCUT2D eigenvalue weighted by molar-refractivity contribution is 5.80. The van der Waals surface area contributed by atoms with Crippen molar-refractivity contribution in [3.05, 3.63) is 29.3 Å². The van der Waals surface area contributed by atoms with Crippen LogP contribution in [0.25, 0.3) is 0 Å². The van der Waals surface area contributed by atoms with Crippen LogP contribution in [-0.4, -0.2) is 54.9 Å². The van der Waals surface area contributed by atoms with Crippen molar-refractivity contribution in [2.24, 2.45) is 0 Å². The second kappa shape index (κ2) is 10.3. The molecule has 1 aliphatic heterocycles. The Balaban J connectivity index is 2.00. The Morgan fingerprint density at radius 1 is 1.07 bits per heavy atom. The molecule has 0 spiro atoms. The van der Waals surface area contributed by atoms with Gasteiger partial charge in [0.25, 0.3) is 0 Å². The molecular formula is C22H34N2O3. The Bertz CT molecular complexity index is 642. The maximum atomic E-state index is 12.9. The average molecular weight is 375 g/mol. The van der Waals surface area contributed by atoms with E-state index >= 15 is 0 Å². The molecule has 0 saturated carbocycles. The standard InChI is InChI=1S/C22H34N2O3/c1-5-6-8-21(25)23-11-7-12-24(14-13-23)22(26)16-19-15-18(17(2)3)9-10-20(19)27-4/h9-10,15,17H,5-8,11-14,16H2,1-4H3. The van der Waals surface area contributed by atoms with Gasteiger partial charge in [-0.1, -0.05) is 39.3 Å². The van der Waals surface area contributed by atoms with Gasteiger partial charge in [-0.3, -0.25) is 9.59 Å². The minimum absolute atomic E-state index is 0.108. The van der Waals surface area contributed by atoms with Crippen LogP contribution in [0.1, 0.15) is 63.5 Å². The largest absolute Gasteiger partial charge is 0.496 e. The smallest absolute Gasteiger partial charge is 0.227 e. The normalized spacial score (nSPS) is 15.0. The minimum Gasteiger partial charge on any atom is -0.496 e. The molecule has 5 heteroatoms. The first-order valence-electron chi connectivity index (χ1n) is 10.2. The molecule has 2 amide bonds. The fraction of sp³-hybridized carbons (Fsp3) is 0.636.